The maximum atomic E-state index is 12.9. The second-order valence-corrected chi connectivity index (χ2v) is 8.71. The van der Waals surface area contributed by atoms with Crippen LogP contribution >= 0.6 is 11.3 Å². The summed E-state index contributed by atoms with van der Waals surface area (Å²) in [5, 5.41) is 15.2. The highest BCUT2D eigenvalue weighted by Gasteiger charge is 2.34. The van der Waals surface area contributed by atoms with E-state index in [1.165, 1.54) is 25.2 Å². The molecular formula is C20H27N3O4S. The highest BCUT2D eigenvalue weighted by atomic mass is 32.1. The van der Waals surface area contributed by atoms with E-state index >= 15 is 0 Å². The third-order valence-electron chi connectivity index (χ3n) is 5.09. The van der Waals surface area contributed by atoms with E-state index in [2.05, 4.69) is 16.7 Å². The smallest absolute Gasteiger partial charge is 0.342 e. The standard InChI is InChI=1S/C20H27N3O4S/c1-11(2)20(5,10-21)23-17(25)12(3)27-19(26)16-14-8-6-7-9-15(14)28-18(16)22-13(4)24/h11-12H,6-9H2,1-5H3,(H,22,24)(H,23,25). The molecule has 152 valence electrons. The summed E-state index contributed by atoms with van der Waals surface area (Å²) in [5.41, 5.74) is 0.198. The summed E-state index contributed by atoms with van der Waals surface area (Å²) in [6, 6.07) is 2.10. The van der Waals surface area contributed by atoms with Crippen LogP contribution in [0.15, 0.2) is 0 Å². The fourth-order valence-electron chi connectivity index (χ4n) is 2.96. The molecule has 0 aliphatic heterocycles. The average molecular weight is 406 g/mol. The molecule has 0 saturated carbocycles. The number of amides is 2. The van der Waals surface area contributed by atoms with E-state index in [1.54, 1.807) is 6.92 Å². The van der Waals surface area contributed by atoms with E-state index in [9.17, 15) is 19.6 Å². The van der Waals surface area contributed by atoms with Gasteiger partial charge < -0.3 is 15.4 Å². The molecule has 8 heteroatoms. The molecule has 0 spiro atoms. The van der Waals surface area contributed by atoms with Crippen LogP contribution in [0.5, 0.6) is 0 Å². The predicted octanol–water partition coefficient (Wildman–Crippen LogP) is 3.19. The number of aryl methyl sites for hydroxylation is 1. The molecule has 1 aromatic heterocycles. The molecule has 2 unspecified atom stereocenters. The van der Waals surface area contributed by atoms with Gasteiger partial charge in [-0.05, 0) is 51.0 Å². The first-order valence-electron chi connectivity index (χ1n) is 9.45. The summed E-state index contributed by atoms with van der Waals surface area (Å²) in [7, 11) is 0. The number of nitrogens with zero attached hydrogens (tertiary/aromatic N) is 1. The zero-order valence-electron chi connectivity index (χ0n) is 17.0. The van der Waals surface area contributed by atoms with Crippen molar-refractivity contribution in [3.63, 3.8) is 0 Å². The van der Waals surface area contributed by atoms with Crippen LogP contribution in [0.25, 0.3) is 0 Å². The molecule has 1 heterocycles. The molecule has 0 radical (unpaired) electrons. The Hall–Kier alpha value is -2.40. The molecule has 28 heavy (non-hydrogen) atoms. The number of nitrogens with one attached hydrogen (secondary N) is 2. The van der Waals surface area contributed by atoms with E-state index in [0.717, 1.165) is 36.1 Å². The lowest BCUT2D eigenvalue weighted by atomic mass is 9.90. The first-order valence-corrected chi connectivity index (χ1v) is 10.3. The number of rotatable bonds is 6. The molecule has 1 aliphatic rings. The maximum absolute atomic E-state index is 12.9. The zero-order chi connectivity index (χ0) is 21.1. The highest BCUT2D eigenvalue weighted by Crippen LogP contribution is 2.38. The summed E-state index contributed by atoms with van der Waals surface area (Å²) in [6.45, 7) is 8.16. The van der Waals surface area contributed by atoms with Crippen molar-refractivity contribution in [1.29, 1.82) is 5.26 Å². The van der Waals surface area contributed by atoms with Gasteiger partial charge in [0.25, 0.3) is 5.91 Å². The van der Waals surface area contributed by atoms with E-state index in [0.29, 0.717) is 10.6 Å². The first kappa shape index (κ1) is 21.9. The molecule has 0 saturated heterocycles. The van der Waals surface area contributed by atoms with Gasteiger partial charge in [-0.1, -0.05) is 13.8 Å². The van der Waals surface area contributed by atoms with Gasteiger partial charge in [-0.3, -0.25) is 9.59 Å². The van der Waals surface area contributed by atoms with Gasteiger partial charge in [-0.15, -0.1) is 11.3 Å². The van der Waals surface area contributed by atoms with Gasteiger partial charge in [0.15, 0.2) is 6.10 Å². The number of hydrogen-bond donors (Lipinski definition) is 2. The molecule has 7 nitrogen and oxygen atoms in total. The Labute approximate surface area is 169 Å². The first-order chi connectivity index (χ1) is 13.1. The van der Waals surface area contributed by atoms with Crippen molar-refractivity contribution in [2.45, 2.75) is 71.9 Å². The number of carbonyl (C=O) groups is 3. The van der Waals surface area contributed by atoms with Gasteiger partial charge in [0.1, 0.15) is 10.5 Å². The SMILES string of the molecule is CC(=O)Nc1sc2c(c1C(=O)OC(C)C(=O)NC(C)(C#N)C(C)C)CCCC2. The summed E-state index contributed by atoms with van der Waals surface area (Å²) < 4.78 is 5.41. The lowest BCUT2D eigenvalue weighted by Crippen LogP contribution is -2.52. The quantitative estimate of drug-likeness (QED) is 0.707. The molecule has 2 N–H and O–H groups in total. The number of nitriles is 1. The average Bonchev–Trinajstić information content (AvgIpc) is 2.98. The second kappa shape index (κ2) is 8.74. The number of fused-ring (bicyclic) bond motifs is 1. The van der Waals surface area contributed by atoms with Crippen LogP contribution in [0, 0.1) is 17.2 Å². The van der Waals surface area contributed by atoms with Crippen LogP contribution in [0.2, 0.25) is 0 Å². The van der Waals surface area contributed by atoms with Crippen LogP contribution in [0.1, 0.15) is 68.3 Å². The lowest BCUT2D eigenvalue weighted by molar-refractivity contribution is -0.130. The van der Waals surface area contributed by atoms with Gasteiger partial charge in [0.05, 0.1) is 11.6 Å². The van der Waals surface area contributed by atoms with E-state index in [1.807, 2.05) is 13.8 Å². The number of carbonyl (C=O) groups excluding carboxylic acids is 3. The zero-order valence-corrected chi connectivity index (χ0v) is 17.8. The number of esters is 1. The van der Waals surface area contributed by atoms with Crippen LogP contribution in [0.4, 0.5) is 5.00 Å². The summed E-state index contributed by atoms with van der Waals surface area (Å²) in [5.74, 6) is -1.54. The van der Waals surface area contributed by atoms with Gasteiger partial charge in [0, 0.05) is 11.8 Å². The molecule has 2 rings (SSSR count). The molecule has 2 amide bonds. The number of ether oxygens (including phenoxy) is 1. The molecule has 0 aromatic carbocycles. The van der Waals surface area contributed by atoms with Crippen molar-refractivity contribution in [3.8, 4) is 6.07 Å². The summed E-state index contributed by atoms with van der Waals surface area (Å²) in [6.07, 6.45) is 2.56. The topological polar surface area (TPSA) is 108 Å². The van der Waals surface area contributed by atoms with Crippen molar-refractivity contribution >= 4 is 34.1 Å². The number of anilines is 1. The van der Waals surface area contributed by atoms with Crippen LogP contribution < -0.4 is 10.6 Å². The van der Waals surface area contributed by atoms with Gasteiger partial charge in [-0.2, -0.15) is 5.26 Å². The minimum absolute atomic E-state index is 0.111. The molecule has 1 aromatic rings. The minimum Gasteiger partial charge on any atom is -0.449 e. The van der Waals surface area contributed by atoms with Crippen molar-refractivity contribution in [1.82, 2.24) is 5.32 Å². The Bertz CT molecular complexity index is 824. The van der Waals surface area contributed by atoms with Crippen LogP contribution in [0.3, 0.4) is 0 Å². The Kier molecular flexibility index (Phi) is 6.83. The Balaban J connectivity index is 2.20. The van der Waals surface area contributed by atoms with Gasteiger partial charge in [-0.25, -0.2) is 4.79 Å². The Morgan fingerprint density at radius 1 is 1.21 bits per heavy atom. The Morgan fingerprint density at radius 3 is 2.43 bits per heavy atom. The summed E-state index contributed by atoms with van der Waals surface area (Å²) in [4.78, 5) is 37.9. The molecule has 0 bridgehead atoms. The van der Waals surface area contributed by atoms with Crippen LogP contribution in [-0.2, 0) is 27.2 Å². The lowest BCUT2D eigenvalue weighted by Gasteiger charge is -2.28. The maximum Gasteiger partial charge on any atom is 0.342 e. The third kappa shape index (κ3) is 4.71. The van der Waals surface area contributed by atoms with E-state index < -0.39 is 23.5 Å². The number of thiophene rings is 1. The molecule has 0 fully saturated rings. The number of hydrogen-bond acceptors (Lipinski definition) is 6. The fourth-order valence-corrected chi connectivity index (χ4v) is 4.29. The Morgan fingerprint density at radius 2 is 1.86 bits per heavy atom. The molecule has 2 atom stereocenters. The van der Waals surface area contributed by atoms with Crippen molar-refractivity contribution in [3.05, 3.63) is 16.0 Å². The van der Waals surface area contributed by atoms with Crippen molar-refractivity contribution in [2.24, 2.45) is 5.92 Å². The highest BCUT2D eigenvalue weighted by molar-refractivity contribution is 7.17. The normalized spacial score (nSPS) is 16.3. The molecule has 1 aliphatic carbocycles. The second-order valence-electron chi connectivity index (χ2n) is 7.60. The fraction of sp³-hybridized carbons (Fsp3) is 0.600. The van der Waals surface area contributed by atoms with Crippen molar-refractivity contribution in [2.75, 3.05) is 5.32 Å². The predicted molar refractivity (Wildman–Crippen MR) is 107 cm³/mol. The molecular weight excluding hydrogens is 378 g/mol. The van der Waals surface area contributed by atoms with Gasteiger partial charge >= 0.3 is 5.97 Å². The third-order valence-corrected chi connectivity index (χ3v) is 6.30. The van der Waals surface area contributed by atoms with Gasteiger partial charge in [0.2, 0.25) is 5.91 Å². The monoisotopic (exact) mass is 405 g/mol. The largest absolute Gasteiger partial charge is 0.449 e. The minimum atomic E-state index is -1.07. The van der Waals surface area contributed by atoms with Crippen molar-refractivity contribution < 1.29 is 19.1 Å². The van der Waals surface area contributed by atoms with E-state index in [-0.39, 0.29) is 11.8 Å². The van der Waals surface area contributed by atoms with E-state index in [4.69, 9.17) is 4.74 Å². The van der Waals surface area contributed by atoms with Crippen LogP contribution in [-0.4, -0.2) is 29.4 Å². The summed E-state index contributed by atoms with van der Waals surface area (Å²) >= 11 is 1.40.